The molecule has 0 saturated heterocycles. The number of nitrogens with zero attached hydrogens (tertiary/aromatic N) is 4. The second-order valence-electron chi connectivity index (χ2n) is 15.6. The molecule has 0 fully saturated rings. The van der Waals surface area contributed by atoms with Gasteiger partial charge in [-0.05, 0) is 62.6 Å². The normalized spacial score (nSPS) is 12.8. The fourth-order valence-electron chi connectivity index (χ4n) is 8.01. The van der Waals surface area contributed by atoms with Crippen LogP contribution in [0.15, 0.2) is 188 Å². The predicted molar refractivity (Wildman–Crippen MR) is 236 cm³/mol. The van der Waals surface area contributed by atoms with Gasteiger partial charge >= 0.3 is 6.85 Å². The summed E-state index contributed by atoms with van der Waals surface area (Å²) >= 11 is 0. The molecule has 0 spiro atoms. The zero-order valence-corrected chi connectivity index (χ0v) is 35.2. The average Bonchev–Trinajstić information content (AvgIpc) is 3.70. The van der Waals surface area contributed by atoms with E-state index in [9.17, 15) is 0 Å². The number of para-hydroxylation sites is 4. The van der Waals surface area contributed by atoms with Crippen LogP contribution in [0.5, 0.6) is 5.75 Å². The van der Waals surface area contributed by atoms with Gasteiger partial charge in [0.05, 0.1) is 11.2 Å². The number of imidazole rings is 1. The molecule has 59 heavy (non-hydrogen) atoms. The third-order valence-corrected chi connectivity index (χ3v) is 10.9. The van der Waals surface area contributed by atoms with Gasteiger partial charge in [-0.1, -0.05) is 160 Å². The van der Waals surface area contributed by atoms with Crippen LogP contribution in [0.1, 0.15) is 26.3 Å². The zero-order chi connectivity index (χ0) is 39.2. The maximum Gasteiger partial charge on any atom is 0.306 e. The smallest absolute Gasteiger partial charge is 0.306 e. The Labute approximate surface area is 359 Å². The molecule has 0 amide bonds. The maximum absolute atomic E-state index is 6.67. The minimum atomic E-state index is -0.320. The number of benzene rings is 6. The first-order valence-corrected chi connectivity index (χ1v) is 19.7. The Balaban J connectivity index is 0.00000449. The Morgan fingerprint density at radius 2 is 1.36 bits per heavy atom. The van der Waals surface area contributed by atoms with Crippen LogP contribution in [-0.4, -0.2) is 20.9 Å². The summed E-state index contributed by atoms with van der Waals surface area (Å²) in [6, 6.07) is 56.6. The molecule has 288 valence electrons. The molecule has 3 aromatic heterocycles. The molecular formula is C52H39BN4OPt-2. The van der Waals surface area contributed by atoms with Gasteiger partial charge in [-0.25, -0.2) is 11.0 Å². The first-order valence-electron chi connectivity index (χ1n) is 19.7. The van der Waals surface area contributed by atoms with Crippen molar-refractivity contribution in [2.45, 2.75) is 26.2 Å². The first kappa shape index (κ1) is 38.1. The number of rotatable bonds is 7. The molecule has 0 saturated carbocycles. The van der Waals surface area contributed by atoms with Crippen molar-refractivity contribution in [3.05, 3.63) is 212 Å². The molecule has 9 aromatic rings. The van der Waals surface area contributed by atoms with Gasteiger partial charge in [-0.2, -0.15) is 12.1 Å². The monoisotopic (exact) mass is 941 g/mol. The molecule has 1 aliphatic rings. The number of allylic oxidation sites excluding steroid dienone is 3. The van der Waals surface area contributed by atoms with Crippen molar-refractivity contribution < 1.29 is 30.4 Å². The molecular weight excluding hydrogens is 902 g/mol. The molecule has 5 nitrogen and oxygen atoms in total. The summed E-state index contributed by atoms with van der Waals surface area (Å²) in [6.07, 6.45) is 11.7. The van der Waals surface area contributed by atoms with Crippen molar-refractivity contribution in [1.82, 2.24) is 14.0 Å². The molecule has 0 N–H and O–H groups in total. The van der Waals surface area contributed by atoms with Crippen LogP contribution in [0.2, 0.25) is 0 Å². The van der Waals surface area contributed by atoms with E-state index in [0.717, 1.165) is 66.6 Å². The van der Waals surface area contributed by atoms with Crippen molar-refractivity contribution >= 4 is 39.7 Å². The molecule has 0 bridgehead atoms. The Morgan fingerprint density at radius 3 is 2.08 bits per heavy atom. The van der Waals surface area contributed by atoms with Gasteiger partial charge in [0.15, 0.2) is 0 Å². The van der Waals surface area contributed by atoms with Gasteiger partial charge in [0, 0.05) is 44.0 Å². The maximum atomic E-state index is 6.67. The second kappa shape index (κ2) is 15.7. The first-order chi connectivity index (χ1) is 28.4. The zero-order valence-electron chi connectivity index (χ0n) is 32.9. The van der Waals surface area contributed by atoms with Crippen molar-refractivity contribution in [1.29, 1.82) is 0 Å². The van der Waals surface area contributed by atoms with E-state index in [2.05, 4.69) is 204 Å². The van der Waals surface area contributed by atoms with E-state index >= 15 is 0 Å². The molecule has 4 heterocycles. The number of hydrogen-bond donors (Lipinski definition) is 0. The van der Waals surface area contributed by atoms with E-state index in [-0.39, 0.29) is 33.3 Å². The van der Waals surface area contributed by atoms with Crippen LogP contribution in [0.4, 0.5) is 0 Å². The molecule has 0 atom stereocenters. The van der Waals surface area contributed by atoms with Crippen LogP contribution < -0.4 is 9.30 Å². The minimum Gasteiger partial charge on any atom is -0.522 e. The number of ether oxygens (including phenoxy) is 1. The summed E-state index contributed by atoms with van der Waals surface area (Å²) in [5.74, 6) is 7.84. The molecule has 0 aliphatic carbocycles. The van der Waals surface area contributed by atoms with Crippen LogP contribution in [-0.2, 0) is 26.5 Å². The largest absolute Gasteiger partial charge is 0.522 e. The van der Waals surface area contributed by atoms with Gasteiger partial charge in [0.1, 0.15) is 5.82 Å². The van der Waals surface area contributed by atoms with Crippen molar-refractivity contribution in [2.75, 3.05) is 0 Å². The van der Waals surface area contributed by atoms with Gasteiger partial charge in [-0.15, -0.1) is 23.6 Å². The number of aromatic nitrogens is 4. The summed E-state index contributed by atoms with van der Waals surface area (Å²) in [7, 11) is 0. The van der Waals surface area contributed by atoms with E-state index in [1.807, 2.05) is 30.5 Å². The van der Waals surface area contributed by atoms with Crippen LogP contribution in [0.25, 0.3) is 66.6 Å². The molecule has 0 radical (unpaired) electrons. The van der Waals surface area contributed by atoms with Crippen LogP contribution >= 0.6 is 0 Å². The van der Waals surface area contributed by atoms with Crippen molar-refractivity contribution in [3.8, 4) is 39.5 Å². The summed E-state index contributed by atoms with van der Waals surface area (Å²) < 4.78 is 13.2. The van der Waals surface area contributed by atoms with E-state index < -0.39 is 0 Å². The predicted octanol–water partition coefficient (Wildman–Crippen LogP) is 11.4. The Kier molecular flexibility index (Phi) is 10.1. The van der Waals surface area contributed by atoms with E-state index in [0.29, 0.717) is 11.5 Å². The van der Waals surface area contributed by atoms with Crippen molar-refractivity contribution in [3.63, 3.8) is 0 Å². The number of fused-ring (bicyclic) bond motifs is 4. The third-order valence-electron chi connectivity index (χ3n) is 10.9. The van der Waals surface area contributed by atoms with Gasteiger partial charge < -0.3 is 18.3 Å². The summed E-state index contributed by atoms with van der Waals surface area (Å²) in [5, 5.41) is 2.23. The summed E-state index contributed by atoms with van der Waals surface area (Å²) in [6.45, 7) is 6.35. The molecule has 10 rings (SSSR count). The van der Waals surface area contributed by atoms with Gasteiger partial charge in [-0.3, -0.25) is 0 Å². The minimum absolute atomic E-state index is 0. The van der Waals surface area contributed by atoms with Gasteiger partial charge in [0.2, 0.25) is 6.33 Å². The van der Waals surface area contributed by atoms with Gasteiger partial charge in [0.25, 0.3) is 0 Å². The molecule has 1 aliphatic heterocycles. The Morgan fingerprint density at radius 1 is 0.678 bits per heavy atom. The number of hydrogen-bond acceptors (Lipinski definition) is 2. The van der Waals surface area contributed by atoms with E-state index in [1.54, 1.807) is 0 Å². The second-order valence-corrected chi connectivity index (χ2v) is 15.6. The fourth-order valence-corrected chi connectivity index (χ4v) is 8.01. The Bertz CT molecular complexity index is 3020. The topological polar surface area (TPSA) is 35.9 Å². The van der Waals surface area contributed by atoms with Crippen molar-refractivity contribution in [2.24, 2.45) is 0 Å². The SMILES string of the molecule is CC(C)(C)c1ccnc(-n2c3[c-]c(OC4=[C-]B(n5[c-][n+](-c6c(-c7ccccc7)cccc6-c6ccccc6)c6ccccc65)C=CC=C4)ccc3c3ccccc32)c1.[Pt]. The van der Waals surface area contributed by atoms with E-state index in [4.69, 9.17) is 9.72 Å². The summed E-state index contributed by atoms with van der Waals surface area (Å²) in [5.41, 5.74) is 10.8. The fraction of sp³-hybridized carbons (Fsp3) is 0.0769. The Hall–Kier alpha value is -6.49. The van der Waals surface area contributed by atoms with Crippen LogP contribution in [0, 0.1) is 18.4 Å². The third kappa shape index (κ3) is 7.08. The summed E-state index contributed by atoms with van der Waals surface area (Å²) in [4.78, 5) is 4.85. The number of pyridine rings is 1. The average molecular weight is 942 g/mol. The van der Waals surface area contributed by atoms with Crippen LogP contribution in [0.3, 0.4) is 0 Å². The quantitative estimate of drug-likeness (QED) is 0.0907. The molecule has 6 aromatic carbocycles. The van der Waals surface area contributed by atoms with E-state index in [1.165, 1.54) is 5.56 Å². The molecule has 7 heteroatoms. The standard InChI is InChI=1S/C52H39BN4O.Pt/c1-52(2,3)39-30-32-54-50(33-39)57-46-25-11-10-22-44(46)45-29-28-40(34-49(45)57)58-41-21-14-15-31-53(35-41)56-36-55(47-26-12-13-27-48(47)56)51-42(37-17-6-4-7-18-37)23-16-24-43(51)38-19-8-5-9-20-38;/h4-33H,1-3H3;/q-2;. The molecule has 0 unspecified atom stereocenters.